The van der Waals surface area contributed by atoms with Crippen LogP contribution in [0.15, 0.2) is 36.2 Å². The molecule has 3 aliphatic rings. The Morgan fingerprint density at radius 2 is 1.28 bits per heavy atom. The van der Waals surface area contributed by atoms with E-state index >= 15 is 0 Å². The van der Waals surface area contributed by atoms with E-state index in [1.807, 2.05) is 94.1 Å². The number of rotatable bonds is 2. The second kappa shape index (κ2) is 6.68. The summed E-state index contributed by atoms with van der Waals surface area (Å²) in [6, 6.07) is 0. The fraction of sp³-hybridized carbons (Fsp3) is 0.200. The fourth-order valence-electron chi connectivity index (χ4n) is 1.31. The molecule has 18 heavy (non-hydrogen) atoms. The predicted octanol–water partition coefficient (Wildman–Crippen LogP) is 7.00. The Kier molecular flexibility index (Phi) is 5.45. The minimum absolute atomic E-state index is 1.45. The van der Waals surface area contributed by atoms with Gasteiger partial charge in [0.05, 0.1) is 25.4 Å². The van der Waals surface area contributed by atoms with Crippen molar-refractivity contribution in [1.29, 1.82) is 0 Å². The molecule has 0 aliphatic carbocycles. The molecule has 0 saturated heterocycles. The Bertz CT molecular complexity index is 436. The van der Waals surface area contributed by atoms with E-state index in [9.17, 15) is 0 Å². The Labute approximate surface area is 141 Å². The molecule has 0 unspecified atom stereocenters. The molecule has 0 fully saturated rings. The topological polar surface area (TPSA) is 0 Å². The van der Waals surface area contributed by atoms with Crippen molar-refractivity contribution in [2.45, 2.75) is 0 Å². The predicted molar refractivity (Wildman–Crippen MR) is 103 cm³/mol. The van der Waals surface area contributed by atoms with Gasteiger partial charge >= 0.3 is 0 Å². The third-order valence-corrected chi connectivity index (χ3v) is 13.0. The summed E-state index contributed by atoms with van der Waals surface area (Å²) in [5.41, 5.74) is 0. The van der Waals surface area contributed by atoms with Crippen molar-refractivity contribution in [3.63, 3.8) is 0 Å². The van der Waals surface area contributed by atoms with Crippen LogP contribution in [0.3, 0.4) is 0 Å². The zero-order valence-electron chi connectivity index (χ0n) is 9.42. The first-order chi connectivity index (χ1) is 8.81. The number of hydrogen-bond donors (Lipinski definition) is 0. The standard InChI is InChI=1S/C10H8S8/c1-11-5(12-2)7-15-9-10(16-7)18-8(17-9)6-13-3-4-14-6/h3-4H,1-2H3. The van der Waals surface area contributed by atoms with Crippen LogP contribution >= 0.6 is 94.1 Å². The van der Waals surface area contributed by atoms with Crippen molar-refractivity contribution in [3.05, 3.63) is 36.2 Å². The Balaban J connectivity index is 1.73. The van der Waals surface area contributed by atoms with E-state index in [0.717, 1.165) is 0 Å². The fourth-order valence-corrected chi connectivity index (χ4v) is 12.0. The lowest BCUT2D eigenvalue weighted by Gasteiger charge is -2.07. The maximum atomic E-state index is 2.17. The molecule has 0 nitrogen and oxygen atoms in total. The SMILES string of the molecule is CSC(SC)=C1SC2=C(S1)SC(=C1SC=CS1)S2. The van der Waals surface area contributed by atoms with Crippen molar-refractivity contribution < 1.29 is 0 Å². The summed E-state index contributed by atoms with van der Waals surface area (Å²) in [6.07, 6.45) is 4.32. The molecule has 0 spiro atoms. The Hall–Kier alpha value is 1.76. The van der Waals surface area contributed by atoms with Gasteiger partial charge in [0.25, 0.3) is 0 Å². The van der Waals surface area contributed by atoms with Crippen LogP contribution in [0.4, 0.5) is 0 Å². The van der Waals surface area contributed by atoms with Crippen molar-refractivity contribution in [1.82, 2.24) is 0 Å². The highest BCUT2D eigenvalue weighted by atomic mass is 32.3. The van der Waals surface area contributed by atoms with Crippen molar-refractivity contribution in [2.24, 2.45) is 0 Å². The van der Waals surface area contributed by atoms with Crippen LogP contribution in [0.25, 0.3) is 0 Å². The van der Waals surface area contributed by atoms with E-state index in [4.69, 9.17) is 0 Å². The molecule has 3 rings (SSSR count). The van der Waals surface area contributed by atoms with Gasteiger partial charge in [-0.25, -0.2) is 0 Å². The summed E-state index contributed by atoms with van der Waals surface area (Å²) in [7, 11) is 0. The highest BCUT2D eigenvalue weighted by Gasteiger charge is 2.33. The van der Waals surface area contributed by atoms with Gasteiger partial charge in [0, 0.05) is 0 Å². The normalized spacial score (nSPS) is 22.4. The highest BCUT2D eigenvalue weighted by Crippen LogP contribution is 2.69. The molecule has 0 aromatic carbocycles. The molecule has 0 saturated carbocycles. The first-order valence-electron chi connectivity index (χ1n) is 4.82. The third kappa shape index (κ3) is 3.00. The third-order valence-electron chi connectivity index (χ3n) is 2.02. The van der Waals surface area contributed by atoms with Gasteiger partial charge in [0.1, 0.15) is 0 Å². The maximum Gasteiger partial charge on any atom is 0.0718 e. The molecule has 0 aromatic rings. The molecule has 0 amide bonds. The lowest BCUT2D eigenvalue weighted by atomic mass is 11.2. The molecule has 0 radical (unpaired) electrons. The molecule has 96 valence electrons. The van der Waals surface area contributed by atoms with Crippen LogP contribution < -0.4 is 0 Å². The smallest absolute Gasteiger partial charge is 0.0718 e. The van der Waals surface area contributed by atoms with E-state index in [2.05, 4.69) is 23.3 Å². The van der Waals surface area contributed by atoms with Crippen molar-refractivity contribution in [2.75, 3.05) is 12.5 Å². The van der Waals surface area contributed by atoms with Crippen LogP contribution in [-0.2, 0) is 0 Å². The van der Waals surface area contributed by atoms with Gasteiger partial charge in [-0.15, -0.1) is 23.5 Å². The Morgan fingerprint density at radius 3 is 1.78 bits per heavy atom. The van der Waals surface area contributed by atoms with Gasteiger partial charge in [-0.3, -0.25) is 0 Å². The van der Waals surface area contributed by atoms with Crippen LogP contribution in [0.1, 0.15) is 0 Å². The summed E-state index contributed by atoms with van der Waals surface area (Å²) in [4.78, 5) is 0. The number of thioether (sulfide) groups is 8. The maximum absolute atomic E-state index is 2.17. The van der Waals surface area contributed by atoms with Crippen molar-refractivity contribution in [3.8, 4) is 0 Å². The second-order valence-corrected chi connectivity index (χ2v) is 12.1. The summed E-state index contributed by atoms with van der Waals surface area (Å²) in [6.45, 7) is 0. The van der Waals surface area contributed by atoms with Gasteiger partial charge < -0.3 is 0 Å². The molecule has 3 aliphatic heterocycles. The van der Waals surface area contributed by atoms with Crippen molar-refractivity contribution >= 4 is 94.1 Å². The van der Waals surface area contributed by atoms with E-state index in [1.165, 1.54) is 25.4 Å². The molecular weight excluding hydrogens is 377 g/mol. The zero-order valence-corrected chi connectivity index (χ0v) is 16.0. The summed E-state index contributed by atoms with van der Waals surface area (Å²) in [5.74, 6) is 0. The second-order valence-electron chi connectivity index (χ2n) is 3.05. The average Bonchev–Trinajstić information content (AvgIpc) is 3.04. The summed E-state index contributed by atoms with van der Waals surface area (Å²) < 4.78 is 8.79. The van der Waals surface area contributed by atoms with Gasteiger partial charge in [-0.1, -0.05) is 70.6 Å². The molecule has 0 N–H and O–H groups in total. The molecule has 3 heterocycles. The van der Waals surface area contributed by atoms with Gasteiger partial charge in [0.15, 0.2) is 0 Å². The summed E-state index contributed by atoms with van der Waals surface area (Å²) in [5, 5.41) is 4.34. The van der Waals surface area contributed by atoms with E-state index in [0.29, 0.717) is 0 Å². The lowest BCUT2D eigenvalue weighted by Crippen LogP contribution is -1.73. The number of hydrogen-bond acceptors (Lipinski definition) is 8. The Morgan fingerprint density at radius 1 is 0.778 bits per heavy atom. The van der Waals surface area contributed by atoms with E-state index < -0.39 is 0 Å². The first kappa shape index (κ1) is 14.7. The van der Waals surface area contributed by atoms with Crippen LogP contribution in [-0.4, -0.2) is 12.5 Å². The van der Waals surface area contributed by atoms with Crippen LogP contribution in [0, 0.1) is 0 Å². The van der Waals surface area contributed by atoms with E-state index in [1.54, 1.807) is 0 Å². The van der Waals surface area contributed by atoms with Crippen LogP contribution in [0.2, 0.25) is 0 Å². The van der Waals surface area contributed by atoms with E-state index in [-0.39, 0.29) is 0 Å². The molecule has 0 atom stereocenters. The lowest BCUT2D eigenvalue weighted by molar-refractivity contribution is 2.28. The minimum Gasteiger partial charge on any atom is -0.121 e. The first-order valence-corrected chi connectivity index (χ1v) is 12.3. The molecular formula is C10H8S8. The molecule has 8 heteroatoms. The molecule has 0 bridgehead atoms. The van der Waals surface area contributed by atoms with Gasteiger partial charge in [-0.05, 0) is 23.3 Å². The van der Waals surface area contributed by atoms with Gasteiger partial charge in [-0.2, -0.15) is 0 Å². The average molecular weight is 385 g/mol. The largest absolute Gasteiger partial charge is 0.121 e. The zero-order chi connectivity index (χ0) is 12.5. The summed E-state index contributed by atoms with van der Waals surface area (Å²) >= 11 is 15.2. The quantitative estimate of drug-likeness (QED) is 0.492. The van der Waals surface area contributed by atoms with Crippen LogP contribution in [0.5, 0.6) is 0 Å². The minimum atomic E-state index is 1.45. The van der Waals surface area contributed by atoms with Gasteiger partial charge in [0.2, 0.25) is 0 Å². The highest BCUT2D eigenvalue weighted by molar-refractivity contribution is 8.49. The monoisotopic (exact) mass is 384 g/mol. The molecule has 0 aromatic heterocycles.